The summed E-state index contributed by atoms with van der Waals surface area (Å²) in [5.41, 5.74) is 0. The summed E-state index contributed by atoms with van der Waals surface area (Å²) in [6.07, 6.45) is 3.86. The topological polar surface area (TPSA) is 21.1 Å². The van der Waals surface area contributed by atoms with Gasteiger partial charge in [-0.1, -0.05) is 18.2 Å². The summed E-state index contributed by atoms with van der Waals surface area (Å²) in [6, 6.07) is 0. The zero-order valence-corrected chi connectivity index (χ0v) is 8.17. The van der Waals surface area contributed by atoms with Gasteiger partial charge < -0.3 is 4.57 Å². The second-order valence-corrected chi connectivity index (χ2v) is 3.80. The van der Waals surface area contributed by atoms with Gasteiger partial charge in [-0.25, -0.2) is 4.98 Å². The molecule has 1 aliphatic rings. The van der Waals surface area contributed by atoms with Gasteiger partial charge in [0.15, 0.2) is 0 Å². The van der Waals surface area contributed by atoms with Crippen LogP contribution in [0.4, 0.5) is 0 Å². The molecule has 2 rings (SSSR count). The van der Waals surface area contributed by atoms with Crippen LogP contribution >= 0.6 is 11.6 Å². The summed E-state index contributed by atoms with van der Waals surface area (Å²) in [5.74, 6) is 1.11. The van der Waals surface area contributed by atoms with Crippen molar-refractivity contribution in [1.29, 1.82) is 0 Å². The van der Waals surface area contributed by atoms with Gasteiger partial charge in [0.1, 0.15) is 5.82 Å². The number of hydrogen-bond donors (Lipinski definition) is 0. The molecule has 1 aromatic heterocycles. The fraction of sp³-hybridized carbons (Fsp3) is 0.444. The Morgan fingerprint density at radius 3 is 3.23 bits per heavy atom. The lowest BCUT2D eigenvalue weighted by Gasteiger charge is -2.26. The zero-order valence-electron chi connectivity index (χ0n) is 7.41. The Labute approximate surface area is 82.6 Å². The van der Waals surface area contributed by atoms with Crippen LogP contribution in [0.5, 0.6) is 0 Å². The minimum atomic E-state index is 0.694. The summed E-state index contributed by atoms with van der Waals surface area (Å²) in [7, 11) is 0. The first-order valence-electron chi connectivity index (χ1n) is 4.31. The minimum Gasteiger partial charge on any atom is -0.333 e. The average molecular weight is 198 g/mol. The highest BCUT2D eigenvalue weighted by molar-refractivity contribution is 6.29. The molecule has 0 saturated carbocycles. The molecule has 1 aromatic rings. The highest BCUT2D eigenvalue weighted by atomic mass is 35.5. The van der Waals surface area contributed by atoms with Crippen molar-refractivity contribution < 1.29 is 0 Å². The molecule has 0 aromatic carbocycles. The number of nitrogens with zero attached hydrogens (tertiary/aromatic N) is 3. The van der Waals surface area contributed by atoms with Crippen LogP contribution in [0, 0.1) is 0 Å². The molecule has 0 N–H and O–H groups in total. The third-order valence-corrected chi connectivity index (χ3v) is 2.34. The molecule has 1 aliphatic heterocycles. The lowest BCUT2D eigenvalue weighted by atomic mass is 10.3. The van der Waals surface area contributed by atoms with Crippen molar-refractivity contribution in [2.75, 3.05) is 13.1 Å². The molecule has 0 atom stereocenters. The Balaban J connectivity index is 2.04. The molecule has 0 fully saturated rings. The van der Waals surface area contributed by atoms with Crippen molar-refractivity contribution in [2.24, 2.45) is 0 Å². The predicted octanol–water partition coefficient (Wildman–Crippen LogP) is 1.45. The zero-order chi connectivity index (χ0) is 9.26. The van der Waals surface area contributed by atoms with E-state index in [4.69, 9.17) is 11.6 Å². The molecule has 2 heterocycles. The van der Waals surface area contributed by atoms with Crippen LogP contribution < -0.4 is 0 Å². The maximum atomic E-state index is 5.75. The van der Waals surface area contributed by atoms with E-state index in [0.29, 0.717) is 5.03 Å². The van der Waals surface area contributed by atoms with E-state index in [2.05, 4.69) is 21.0 Å². The summed E-state index contributed by atoms with van der Waals surface area (Å²) < 4.78 is 2.17. The molecule has 0 radical (unpaired) electrons. The summed E-state index contributed by atoms with van der Waals surface area (Å²) in [6.45, 7) is 7.34. The number of fused-ring (bicyclic) bond motifs is 1. The molecule has 4 heteroatoms. The molecule has 0 amide bonds. The minimum absolute atomic E-state index is 0.694. The van der Waals surface area contributed by atoms with Crippen molar-refractivity contribution in [1.82, 2.24) is 14.5 Å². The van der Waals surface area contributed by atoms with Gasteiger partial charge in [0, 0.05) is 37.1 Å². The van der Waals surface area contributed by atoms with Gasteiger partial charge in [-0.3, -0.25) is 4.90 Å². The maximum absolute atomic E-state index is 5.75. The lowest BCUT2D eigenvalue weighted by Crippen LogP contribution is -2.34. The van der Waals surface area contributed by atoms with Crippen LogP contribution in [-0.4, -0.2) is 27.5 Å². The molecule has 0 spiro atoms. The normalized spacial score (nSPS) is 17.0. The van der Waals surface area contributed by atoms with Crippen LogP contribution in [0.1, 0.15) is 5.82 Å². The quantitative estimate of drug-likeness (QED) is 0.716. The van der Waals surface area contributed by atoms with Crippen LogP contribution in [0.2, 0.25) is 0 Å². The third kappa shape index (κ3) is 1.92. The van der Waals surface area contributed by atoms with E-state index in [1.54, 1.807) is 0 Å². The molecule has 0 bridgehead atoms. The smallest absolute Gasteiger partial charge is 0.122 e. The van der Waals surface area contributed by atoms with Crippen LogP contribution in [0.15, 0.2) is 24.0 Å². The molecule has 0 unspecified atom stereocenters. The SMILES string of the molecule is C=C(Cl)CN1CCn2ccnc2C1. The van der Waals surface area contributed by atoms with Crippen molar-refractivity contribution in [3.05, 3.63) is 29.8 Å². The second kappa shape index (κ2) is 3.52. The highest BCUT2D eigenvalue weighted by Crippen LogP contribution is 2.12. The Morgan fingerprint density at radius 2 is 2.46 bits per heavy atom. The van der Waals surface area contributed by atoms with Crippen molar-refractivity contribution in [3.8, 4) is 0 Å². The monoisotopic (exact) mass is 197 g/mol. The maximum Gasteiger partial charge on any atom is 0.122 e. The Kier molecular flexibility index (Phi) is 2.38. The lowest BCUT2D eigenvalue weighted by molar-refractivity contribution is 0.238. The van der Waals surface area contributed by atoms with Gasteiger partial charge in [-0.2, -0.15) is 0 Å². The van der Waals surface area contributed by atoms with E-state index in [-0.39, 0.29) is 0 Å². The Hall–Kier alpha value is -0.800. The molecule has 3 nitrogen and oxygen atoms in total. The number of aromatic nitrogens is 2. The largest absolute Gasteiger partial charge is 0.333 e. The van der Waals surface area contributed by atoms with E-state index in [1.165, 1.54) is 0 Å². The van der Waals surface area contributed by atoms with E-state index in [9.17, 15) is 0 Å². The molecule has 0 aliphatic carbocycles. The molecule has 13 heavy (non-hydrogen) atoms. The van der Waals surface area contributed by atoms with E-state index >= 15 is 0 Å². The van der Waals surface area contributed by atoms with Gasteiger partial charge in [0.05, 0.1) is 6.54 Å². The van der Waals surface area contributed by atoms with E-state index < -0.39 is 0 Å². The second-order valence-electron chi connectivity index (χ2n) is 3.26. The Morgan fingerprint density at radius 1 is 1.62 bits per heavy atom. The first-order chi connectivity index (χ1) is 6.25. The molecular weight excluding hydrogens is 186 g/mol. The molecular formula is C9H12ClN3. The fourth-order valence-corrected chi connectivity index (χ4v) is 1.77. The summed E-state index contributed by atoms with van der Waals surface area (Å²) >= 11 is 5.75. The van der Waals surface area contributed by atoms with Gasteiger partial charge in [-0.15, -0.1) is 0 Å². The van der Waals surface area contributed by atoms with Gasteiger partial charge in [-0.05, 0) is 0 Å². The van der Waals surface area contributed by atoms with E-state index in [0.717, 1.165) is 32.0 Å². The Bertz CT molecular complexity index is 318. The highest BCUT2D eigenvalue weighted by Gasteiger charge is 2.15. The predicted molar refractivity (Wildman–Crippen MR) is 52.5 cm³/mol. The van der Waals surface area contributed by atoms with Crippen molar-refractivity contribution in [2.45, 2.75) is 13.1 Å². The van der Waals surface area contributed by atoms with Crippen LogP contribution in [-0.2, 0) is 13.1 Å². The fourth-order valence-electron chi connectivity index (χ4n) is 1.60. The average Bonchev–Trinajstić information content (AvgIpc) is 2.49. The number of halogens is 1. The van der Waals surface area contributed by atoms with E-state index in [1.807, 2.05) is 12.4 Å². The van der Waals surface area contributed by atoms with Gasteiger partial charge >= 0.3 is 0 Å². The number of hydrogen-bond acceptors (Lipinski definition) is 2. The third-order valence-electron chi connectivity index (χ3n) is 2.22. The van der Waals surface area contributed by atoms with Crippen LogP contribution in [0.25, 0.3) is 0 Å². The van der Waals surface area contributed by atoms with Crippen molar-refractivity contribution >= 4 is 11.6 Å². The summed E-state index contributed by atoms with van der Waals surface area (Å²) in [4.78, 5) is 6.51. The summed E-state index contributed by atoms with van der Waals surface area (Å²) in [5, 5.41) is 0.694. The standard InChI is InChI=1S/C9H12ClN3/c1-8(10)6-12-4-5-13-3-2-11-9(13)7-12/h2-3H,1,4-7H2. The first-order valence-corrected chi connectivity index (χ1v) is 4.69. The van der Waals surface area contributed by atoms with Gasteiger partial charge in [0.25, 0.3) is 0 Å². The van der Waals surface area contributed by atoms with Gasteiger partial charge in [0.2, 0.25) is 0 Å². The van der Waals surface area contributed by atoms with Crippen molar-refractivity contribution in [3.63, 3.8) is 0 Å². The number of rotatable bonds is 2. The first kappa shape index (κ1) is 8.78. The molecule has 70 valence electrons. The number of imidazole rings is 1. The molecule has 0 saturated heterocycles. The van der Waals surface area contributed by atoms with Crippen LogP contribution in [0.3, 0.4) is 0 Å².